The summed E-state index contributed by atoms with van der Waals surface area (Å²) in [6, 6.07) is 17.4. The van der Waals surface area contributed by atoms with Crippen molar-refractivity contribution in [2.45, 2.75) is 72.6 Å². The van der Waals surface area contributed by atoms with Crippen LogP contribution in [0.2, 0.25) is 0 Å². The zero-order valence-corrected chi connectivity index (χ0v) is 23.1. The van der Waals surface area contributed by atoms with Crippen LogP contribution in [0.3, 0.4) is 0 Å². The third kappa shape index (κ3) is 7.68. The van der Waals surface area contributed by atoms with Crippen molar-refractivity contribution in [1.29, 1.82) is 0 Å². The molecule has 0 unspecified atom stereocenters. The van der Waals surface area contributed by atoms with Gasteiger partial charge < -0.3 is 15.5 Å². The molecule has 7 nitrogen and oxygen atoms in total. The number of hydrogen-bond donors (Lipinski definition) is 2. The number of carbonyl (C=O) groups excluding carboxylic acids is 2. The van der Waals surface area contributed by atoms with Gasteiger partial charge in [-0.2, -0.15) is 5.10 Å². The Hall–Kier alpha value is -3.61. The van der Waals surface area contributed by atoms with Gasteiger partial charge in [-0.15, -0.1) is 0 Å². The highest BCUT2D eigenvalue weighted by atomic mass is 16.2. The van der Waals surface area contributed by atoms with Gasteiger partial charge in [-0.05, 0) is 49.1 Å². The zero-order valence-electron chi connectivity index (χ0n) is 23.1. The number of rotatable bonds is 10. The van der Waals surface area contributed by atoms with Gasteiger partial charge in [0, 0.05) is 23.7 Å². The third-order valence-electron chi connectivity index (χ3n) is 6.28. The van der Waals surface area contributed by atoms with Crippen LogP contribution in [0.1, 0.15) is 70.7 Å². The van der Waals surface area contributed by atoms with Crippen molar-refractivity contribution in [3.63, 3.8) is 0 Å². The van der Waals surface area contributed by atoms with Crippen LogP contribution in [-0.2, 0) is 16.6 Å². The number of carbonyl (C=O) groups is 2. The molecule has 0 atom stereocenters. The second-order valence-electron chi connectivity index (χ2n) is 10.5. The quantitative estimate of drug-likeness (QED) is 0.302. The van der Waals surface area contributed by atoms with Crippen LogP contribution in [0, 0.1) is 6.92 Å². The molecule has 0 saturated heterocycles. The third-order valence-corrected chi connectivity index (χ3v) is 6.28. The largest absolute Gasteiger partial charge is 0.322 e. The maximum Gasteiger partial charge on any atom is 0.322 e. The number of hydrogen-bond acceptors (Lipinski definition) is 3. The molecule has 0 radical (unpaired) electrons. The van der Waals surface area contributed by atoms with Crippen LogP contribution in [0.4, 0.5) is 16.3 Å². The molecule has 0 saturated carbocycles. The average molecular weight is 504 g/mol. The number of aryl methyl sites for hydroxylation is 2. The first kappa shape index (κ1) is 28.0. The van der Waals surface area contributed by atoms with E-state index in [2.05, 4.69) is 45.3 Å². The predicted octanol–water partition coefficient (Wildman–Crippen LogP) is 6.70. The lowest BCUT2D eigenvalue weighted by Gasteiger charge is -2.23. The lowest BCUT2D eigenvalue weighted by Crippen LogP contribution is -2.41. The van der Waals surface area contributed by atoms with Gasteiger partial charge in [-0.1, -0.05) is 77.8 Å². The van der Waals surface area contributed by atoms with E-state index in [1.54, 1.807) is 9.58 Å². The zero-order chi connectivity index (χ0) is 27.0. The molecule has 2 N–H and O–H groups in total. The van der Waals surface area contributed by atoms with E-state index in [0.29, 0.717) is 12.4 Å². The molecule has 37 heavy (non-hydrogen) atoms. The van der Waals surface area contributed by atoms with Gasteiger partial charge in [-0.25, -0.2) is 9.48 Å². The number of benzene rings is 2. The summed E-state index contributed by atoms with van der Waals surface area (Å²) in [7, 11) is 0. The Morgan fingerprint density at radius 1 is 0.973 bits per heavy atom. The highest BCUT2D eigenvalue weighted by Crippen LogP contribution is 2.26. The fraction of sp³-hybridized carbons (Fsp3) is 0.433. The molecule has 198 valence electrons. The number of unbranched alkanes of at least 4 members (excludes halogenated alkanes) is 2. The molecule has 0 spiro atoms. The molecule has 7 heteroatoms. The molecule has 1 heterocycles. The summed E-state index contributed by atoms with van der Waals surface area (Å²) < 4.78 is 1.77. The van der Waals surface area contributed by atoms with Crippen molar-refractivity contribution in [2.75, 3.05) is 23.7 Å². The molecule has 3 aromatic rings. The number of nitrogens with zero attached hydrogens (tertiary/aromatic N) is 3. The Kier molecular flexibility index (Phi) is 9.50. The maximum absolute atomic E-state index is 13.3. The van der Waals surface area contributed by atoms with Crippen LogP contribution >= 0.6 is 0 Å². The molecule has 0 fully saturated rings. The Morgan fingerprint density at radius 2 is 1.73 bits per heavy atom. The van der Waals surface area contributed by atoms with Crippen LogP contribution in [-0.4, -0.2) is 39.7 Å². The highest BCUT2D eigenvalue weighted by Gasteiger charge is 2.23. The molecule has 0 aliphatic carbocycles. The molecule has 2 aromatic carbocycles. The van der Waals surface area contributed by atoms with Crippen molar-refractivity contribution >= 4 is 23.4 Å². The van der Waals surface area contributed by atoms with E-state index in [-0.39, 0.29) is 23.9 Å². The van der Waals surface area contributed by atoms with E-state index in [1.165, 1.54) is 0 Å². The van der Waals surface area contributed by atoms with Crippen molar-refractivity contribution in [2.24, 2.45) is 0 Å². The highest BCUT2D eigenvalue weighted by molar-refractivity contribution is 5.97. The summed E-state index contributed by atoms with van der Waals surface area (Å²) >= 11 is 0. The fourth-order valence-corrected chi connectivity index (χ4v) is 4.10. The molecule has 0 aliphatic heterocycles. The minimum absolute atomic E-state index is 0.0479. The number of nitrogens with one attached hydrogen (secondary N) is 2. The Morgan fingerprint density at radius 3 is 2.41 bits per heavy atom. The summed E-state index contributed by atoms with van der Waals surface area (Å²) in [6.45, 7) is 12.9. The minimum atomic E-state index is -0.269. The first-order chi connectivity index (χ1) is 17.6. The number of amides is 3. The summed E-state index contributed by atoms with van der Waals surface area (Å²) in [5.41, 5.74) is 4.51. The standard InChI is InChI=1S/C30H41N5O2/c1-7-9-12-18-34(29(37)31-25-17-11-10-15-23(25)8-2)21-28(36)32-27-20-26(30(4,5)6)33-35(27)24-16-13-14-22(3)19-24/h10-11,13-17,19-20H,7-9,12,18,21H2,1-6H3,(H,31,37)(H,32,36). The van der Waals surface area contributed by atoms with Crippen LogP contribution in [0.15, 0.2) is 54.6 Å². The lowest BCUT2D eigenvalue weighted by molar-refractivity contribution is -0.116. The summed E-state index contributed by atoms with van der Waals surface area (Å²) in [5, 5.41) is 10.8. The second kappa shape index (κ2) is 12.6. The molecule has 0 aliphatic rings. The lowest BCUT2D eigenvalue weighted by atomic mass is 9.92. The average Bonchev–Trinajstić information content (AvgIpc) is 3.28. The van der Waals surface area contributed by atoms with Crippen LogP contribution in [0.5, 0.6) is 0 Å². The van der Waals surface area contributed by atoms with Crippen molar-refractivity contribution in [3.8, 4) is 5.69 Å². The van der Waals surface area contributed by atoms with Gasteiger partial charge in [0.1, 0.15) is 12.4 Å². The van der Waals surface area contributed by atoms with E-state index in [9.17, 15) is 9.59 Å². The van der Waals surface area contributed by atoms with E-state index >= 15 is 0 Å². The van der Waals surface area contributed by atoms with Crippen molar-refractivity contribution < 1.29 is 9.59 Å². The minimum Gasteiger partial charge on any atom is -0.315 e. The summed E-state index contributed by atoms with van der Waals surface area (Å²) in [6.07, 6.45) is 3.67. The SMILES string of the molecule is CCCCCN(CC(=O)Nc1cc(C(C)(C)C)nn1-c1cccc(C)c1)C(=O)Nc1ccccc1CC. The van der Waals surface area contributed by atoms with Gasteiger partial charge >= 0.3 is 6.03 Å². The first-order valence-corrected chi connectivity index (χ1v) is 13.2. The number of anilines is 2. The Bertz CT molecular complexity index is 1210. The smallest absolute Gasteiger partial charge is 0.315 e. The molecular weight excluding hydrogens is 462 g/mol. The van der Waals surface area contributed by atoms with Gasteiger partial charge in [-0.3, -0.25) is 4.79 Å². The van der Waals surface area contributed by atoms with E-state index in [1.807, 2.05) is 61.5 Å². The molecule has 3 amide bonds. The Balaban J connectivity index is 1.82. The fourth-order valence-electron chi connectivity index (χ4n) is 4.10. The topological polar surface area (TPSA) is 79.3 Å². The van der Waals surface area contributed by atoms with E-state index in [4.69, 9.17) is 5.10 Å². The number of para-hydroxylation sites is 1. The van der Waals surface area contributed by atoms with Gasteiger partial charge in [0.25, 0.3) is 0 Å². The Labute approximate surface area is 221 Å². The van der Waals surface area contributed by atoms with Gasteiger partial charge in [0.05, 0.1) is 11.4 Å². The van der Waals surface area contributed by atoms with Gasteiger partial charge in [0.2, 0.25) is 5.91 Å². The number of urea groups is 1. The first-order valence-electron chi connectivity index (χ1n) is 13.2. The monoisotopic (exact) mass is 503 g/mol. The molecule has 3 rings (SSSR count). The molecule has 1 aromatic heterocycles. The predicted molar refractivity (Wildman–Crippen MR) is 152 cm³/mol. The summed E-state index contributed by atoms with van der Waals surface area (Å²) in [4.78, 5) is 28.1. The van der Waals surface area contributed by atoms with Gasteiger partial charge in [0.15, 0.2) is 0 Å². The van der Waals surface area contributed by atoms with Crippen LogP contribution < -0.4 is 10.6 Å². The van der Waals surface area contributed by atoms with Crippen molar-refractivity contribution in [3.05, 3.63) is 71.4 Å². The van der Waals surface area contributed by atoms with Crippen LogP contribution in [0.25, 0.3) is 5.69 Å². The second-order valence-corrected chi connectivity index (χ2v) is 10.5. The van der Waals surface area contributed by atoms with Crippen molar-refractivity contribution in [1.82, 2.24) is 14.7 Å². The summed E-state index contributed by atoms with van der Waals surface area (Å²) in [5.74, 6) is 0.329. The number of aromatic nitrogens is 2. The molecular formula is C30H41N5O2. The van der Waals surface area contributed by atoms with E-state index in [0.717, 1.165) is 53.9 Å². The normalized spacial score (nSPS) is 11.3. The maximum atomic E-state index is 13.3. The van der Waals surface area contributed by atoms with E-state index < -0.39 is 0 Å². The molecule has 0 bridgehead atoms.